The van der Waals surface area contributed by atoms with E-state index in [0.717, 1.165) is 11.8 Å². The van der Waals surface area contributed by atoms with Gasteiger partial charge >= 0.3 is 0 Å². The van der Waals surface area contributed by atoms with E-state index in [-0.39, 0.29) is 3.23 Å². The minimum absolute atomic E-state index is 0.0714. The van der Waals surface area contributed by atoms with Crippen LogP contribution in [-0.4, -0.2) is 13.4 Å². The predicted octanol–water partition coefficient (Wildman–Crippen LogP) is 4.04. The van der Waals surface area contributed by atoms with Gasteiger partial charge in [0.05, 0.1) is 3.23 Å². The molecule has 4 heteroatoms. The molecule has 0 heterocycles. The molecule has 9 heavy (non-hydrogen) atoms. The van der Waals surface area contributed by atoms with Crippen LogP contribution in [0.4, 0.5) is 0 Å². The fourth-order valence-corrected chi connectivity index (χ4v) is 2.97. The molecular formula is C5H8Br4. The van der Waals surface area contributed by atoms with Gasteiger partial charge in [0.2, 0.25) is 0 Å². The molecule has 1 atom stereocenters. The van der Waals surface area contributed by atoms with Crippen molar-refractivity contribution in [3.05, 3.63) is 0 Å². The second kappa shape index (κ2) is 4.73. The van der Waals surface area contributed by atoms with Gasteiger partial charge in [0.1, 0.15) is 0 Å². The lowest BCUT2D eigenvalue weighted by molar-refractivity contribution is 0.801. The Morgan fingerprint density at radius 1 is 1.44 bits per heavy atom. The molecule has 0 aliphatic heterocycles. The molecule has 1 unspecified atom stereocenters. The molecular weight excluding hydrogens is 380 g/mol. The third-order valence-electron chi connectivity index (χ3n) is 0.747. The molecule has 0 fully saturated rings. The minimum Gasteiger partial charge on any atom is -0.0916 e. The summed E-state index contributed by atoms with van der Waals surface area (Å²) in [5.41, 5.74) is 0. The molecule has 0 bridgehead atoms. The Bertz CT molecular complexity index is 75.5. The molecule has 0 rings (SSSR count). The summed E-state index contributed by atoms with van der Waals surface area (Å²) in [4.78, 5) is 0.529. The molecule has 0 aromatic heterocycles. The number of hydrogen-bond acceptors (Lipinski definition) is 0. The van der Waals surface area contributed by atoms with Gasteiger partial charge in [-0.1, -0.05) is 63.7 Å². The maximum absolute atomic E-state index is 3.51. The van der Waals surface area contributed by atoms with Crippen molar-refractivity contribution in [3.63, 3.8) is 0 Å². The van der Waals surface area contributed by atoms with Gasteiger partial charge in [-0.25, -0.2) is 0 Å². The van der Waals surface area contributed by atoms with Gasteiger partial charge in [0.15, 0.2) is 0 Å². The van der Waals surface area contributed by atoms with Crippen molar-refractivity contribution >= 4 is 63.7 Å². The second-order valence-corrected chi connectivity index (χ2v) is 8.53. The number of rotatable bonds is 3. The number of alkyl halides is 4. The molecule has 0 amide bonds. The molecule has 0 radical (unpaired) electrons. The van der Waals surface area contributed by atoms with E-state index in [2.05, 4.69) is 70.6 Å². The summed E-state index contributed by atoms with van der Waals surface area (Å²) >= 11 is 13.9. The Balaban J connectivity index is 3.47. The minimum atomic E-state index is 0.0714. The molecule has 0 N–H and O–H groups in total. The van der Waals surface area contributed by atoms with Crippen LogP contribution in [-0.2, 0) is 0 Å². The normalized spacial score (nSPS) is 15.7. The summed E-state index contributed by atoms with van der Waals surface area (Å²) in [6.07, 6.45) is 1.05. The van der Waals surface area contributed by atoms with Crippen molar-refractivity contribution in [3.8, 4) is 0 Å². The summed E-state index contributed by atoms with van der Waals surface area (Å²) in [5.74, 6) is 0. The first kappa shape index (κ1) is 10.9. The number of hydrogen-bond donors (Lipinski definition) is 0. The van der Waals surface area contributed by atoms with Gasteiger partial charge in [-0.3, -0.25) is 0 Å². The average Bonchev–Trinajstić information content (AvgIpc) is 1.62. The fraction of sp³-hybridized carbons (Fsp3) is 1.00. The average molecular weight is 388 g/mol. The summed E-state index contributed by atoms with van der Waals surface area (Å²) < 4.78 is 0.0714. The molecule has 0 aromatic rings. The topological polar surface area (TPSA) is 0 Å². The van der Waals surface area contributed by atoms with E-state index in [4.69, 9.17) is 0 Å². The molecule has 56 valence electrons. The summed E-state index contributed by atoms with van der Waals surface area (Å²) in [6.45, 7) is 2.09. The third kappa shape index (κ3) is 7.82. The first-order valence-corrected chi connectivity index (χ1v) is 6.16. The fourth-order valence-electron chi connectivity index (χ4n) is 0.443. The third-order valence-corrected chi connectivity index (χ3v) is 3.69. The van der Waals surface area contributed by atoms with Gasteiger partial charge in [0, 0.05) is 10.2 Å². The molecule has 0 saturated heterocycles. The largest absolute Gasteiger partial charge is 0.0916 e. The smallest absolute Gasteiger partial charge is 0.0788 e. The Kier molecular flexibility index (Phi) is 5.74. The zero-order valence-corrected chi connectivity index (χ0v) is 11.3. The van der Waals surface area contributed by atoms with E-state index >= 15 is 0 Å². The Hall–Kier alpha value is 1.92. The molecule has 0 spiro atoms. The Morgan fingerprint density at radius 2 is 1.89 bits per heavy atom. The predicted molar refractivity (Wildman–Crippen MR) is 57.4 cm³/mol. The first-order chi connectivity index (χ1) is 3.95. The summed E-state index contributed by atoms with van der Waals surface area (Å²) in [5, 5.41) is 0.986. The van der Waals surface area contributed by atoms with Crippen molar-refractivity contribution < 1.29 is 0 Å². The highest BCUT2D eigenvalue weighted by Crippen LogP contribution is 2.32. The first-order valence-electron chi connectivity index (χ1n) is 2.53. The van der Waals surface area contributed by atoms with Crippen LogP contribution in [0.15, 0.2) is 0 Å². The van der Waals surface area contributed by atoms with Crippen molar-refractivity contribution in [1.29, 1.82) is 0 Å². The van der Waals surface area contributed by atoms with E-state index in [1.54, 1.807) is 0 Å². The van der Waals surface area contributed by atoms with Gasteiger partial charge in [0.25, 0.3) is 0 Å². The molecule has 0 saturated carbocycles. The van der Waals surface area contributed by atoms with E-state index in [9.17, 15) is 0 Å². The highest BCUT2D eigenvalue weighted by atomic mass is 79.9. The molecule has 0 nitrogen and oxygen atoms in total. The van der Waals surface area contributed by atoms with Crippen LogP contribution in [0.25, 0.3) is 0 Å². The van der Waals surface area contributed by atoms with Crippen LogP contribution in [0, 0.1) is 0 Å². The van der Waals surface area contributed by atoms with Crippen LogP contribution in [0.1, 0.15) is 13.3 Å². The van der Waals surface area contributed by atoms with Crippen molar-refractivity contribution in [1.82, 2.24) is 0 Å². The van der Waals surface area contributed by atoms with Gasteiger partial charge in [-0.05, 0) is 13.3 Å². The molecule has 0 aliphatic carbocycles. The van der Waals surface area contributed by atoms with Gasteiger partial charge < -0.3 is 0 Å². The maximum atomic E-state index is 3.51. The monoisotopic (exact) mass is 384 g/mol. The van der Waals surface area contributed by atoms with Crippen LogP contribution in [0.2, 0.25) is 0 Å². The maximum Gasteiger partial charge on any atom is 0.0788 e. The lowest BCUT2D eigenvalue weighted by Gasteiger charge is -2.16. The van der Waals surface area contributed by atoms with E-state index < -0.39 is 0 Å². The zero-order chi connectivity index (χ0) is 7.49. The lowest BCUT2D eigenvalue weighted by Crippen LogP contribution is -2.13. The number of halogens is 4. The van der Waals surface area contributed by atoms with Crippen LogP contribution >= 0.6 is 63.7 Å². The SMILES string of the molecule is CC(Br)(Br)CC(Br)CBr. The van der Waals surface area contributed by atoms with Gasteiger partial charge in [-0.15, -0.1) is 0 Å². The Morgan fingerprint density at radius 3 is 2.00 bits per heavy atom. The summed E-state index contributed by atoms with van der Waals surface area (Å²) in [6, 6.07) is 0. The molecule has 0 aromatic carbocycles. The highest BCUT2D eigenvalue weighted by molar-refractivity contribution is 9.25. The van der Waals surface area contributed by atoms with Crippen LogP contribution in [0.3, 0.4) is 0 Å². The summed E-state index contributed by atoms with van der Waals surface area (Å²) in [7, 11) is 0. The Labute approximate surface area is 89.7 Å². The quantitative estimate of drug-likeness (QED) is 0.641. The van der Waals surface area contributed by atoms with Crippen LogP contribution in [0.5, 0.6) is 0 Å². The standard InChI is InChI=1S/C5H8Br4/c1-5(8,9)2-4(7)3-6/h4H,2-3H2,1H3. The van der Waals surface area contributed by atoms with Crippen molar-refractivity contribution in [2.45, 2.75) is 21.4 Å². The highest BCUT2D eigenvalue weighted by Gasteiger charge is 2.18. The van der Waals surface area contributed by atoms with Crippen LogP contribution < -0.4 is 0 Å². The molecule has 0 aliphatic rings. The van der Waals surface area contributed by atoms with E-state index in [1.165, 1.54) is 0 Å². The zero-order valence-electron chi connectivity index (χ0n) is 5.00. The van der Waals surface area contributed by atoms with Crippen molar-refractivity contribution in [2.24, 2.45) is 0 Å². The van der Waals surface area contributed by atoms with E-state index in [1.807, 2.05) is 0 Å². The van der Waals surface area contributed by atoms with E-state index in [0.29, 0.717) is 4.83 Å². The second-order valence-electron chi connectivity index (χ2n) is 2.03. The van der Waals surface area contributed by atoms with Crippen molar-refractivity contribution in [2.75, 3.05) is 5.33 Å². The lowest BCUT2D eigenvalue weighted by atomic mass is 10.3. The van der Waals surface area contributed by atoms with Gasteiger partial charge in [-0.2, -0.15) is 0 Å².